The van der Waals surface area contributed by atoms with Gasteiger partial charge in [-0.2, -0.15) is 0 Å². The number of thiophene rings is 1. The van der Waals surface area contributed by atoms with Crippen LogP contribution in [0.5, 0.6) is 0 Å². The normalized spacial score (nSPS) is 10.3. The van der Waals surface area contributed by atoms with Crippen molar-refractivity contribution in [1.29, 1.82) is 0 Å². The Labute approximate surface area is 123 Å². The number of hydrogen-bond acceptors (Lipinski definition) is 5. The van der Waals surface area contributed by atoms with Crippen LogP contribution in [0.25, 0.3) is 0 Å². The number of halogens is 1. The molecule has 0 saturated carbocycles. The van der Waals surface area contributed by atoms with Crippen molar-refractivity contribution in [1.82, 2.24) is 4.98 Å². The van der Waals surface area contributed by atoms with E-state index in [1.54, 1.807) is 5.38 Å². The molecular formula is C12H10ClN3O3S. The Morgan fingerprint density at radius 2 is 2.25 bits per heavy atom. The first-order chi connectivity index (χ1) is 9.52. The number of anilines is 1. The van der Waals surface area contributed by atoms with Crippen molar-refractivity contribution >= 4 is 40.4 Å². The summed E-state index contributed by atoms with van der Waals surface area (Å²) in [5.74, 6) is -0.572. The average molecular weight is 312 g/mol. The first-order valence-corrected chi connectivity index (χ1v) is 6.97. The largest absolute Gasteiger partial charge is 0.311 e. The van der Waals surface area contributed by atoms with E-state index in [2.05, 4.69) is 10.3 Å². The average Bonchev–Trinajstić information content (AvgIpc) is 2.86. The van der Waals surface area contributed by atoms with Crippen LogP contribution in [-0.2, 0) is 6.42 Å². The van der Waals surface area contributed by atoms with E-state index in [0.29, 0.717) is 11.3 Å². The van der Waals surface area contributed by atoms with Gasteiger partial charge in [-0.3, -0.25) is 14.9 Å². The van der Waals surface area contributed by atoms with E-state index < -0.39 is 10.8 Å². The smallest absolute Gasteiger partial charge is 0.300 e. The topological polar surface area (TPSA) is 85.1 Å². The van der Waals surface area contributed by atoms with Crippen molar-refractivity contribution in [2.45, 2.75) is 13.3 Å². The van der Waals surface area contributed by atoms with Crippen molar-refractivity contribution in [2.75, 3.05) is 5.32 Å². The number of nitrogens with one attached hydrogen (secondary N) is 1. The number of amides is 1. The zero-order valence-electron chi connectivity index (χ0n) is 10.4. The minimum Gasteiger partial charge on any atom is -0.300 e. The fourth-order valence-corrected chi connectivity index (χ4v) is 2.68. The molecule has 1 amide bonds. The fourth-order valence-electron chi connectivity index (χ4n) is 1.64. The third-order valence-electron chi connectivity index (χ3n) is 2.60. The summed E-state index contributed by atoms with van der Waals surface area (Å²) in [4.78, 5) is 26.7. The van der Waals surface area contributed by atoms with Crippen LogP contribution in [0.3, 0.4) is 0 Å². The van der Waals surface area contributed by atoms with Gasteiger partial charge in [-0.25, -0.2) is 4.98 Å². The second kappa shape index (κ2) is 5.98. The molecule has 0 unspecified atom stereocenters. The summed E-state index contributed by atoms with van der Waals surface area (Å²) < 4.78 is 0. The summed E-state index contributed by atoms with van der Waals surface area (Å²) in [7, 11) is 0. The molecule has 0 aliphatic heterocycles. The summed E-state index contributed by atoms with van der Waals surface area (Å²) in [6, 6.07) is 4.36. The quantitative estimate of drug-likeness (QED) is 0.532. The second-order valence-electron chi connectivity index (χ2n) is 3.84. The number of nitrogens with zero attached hydrogens (tertiary/aromatic N) is 2. The number of nitro groups is 1. The van der Waals surface area contributed by atoms with Gasteiger partial charge in [0.1, 0.15) is 5.15 Å². The van der Waals surface area contributed by atoms with Gasteiger partial charge in [-0.15, -0.1) is 11.3 Å². The molecule has 8 heteroatoms. The van der Waals surface area contributed by atoms with Crippen LogP contribution < -0.4 is 5.32 Å². The van der Waals surface area contributed by atoms with Gasteiger partial charge in [-0.1, -0.05) is 18.5 Å². The van der Waals surface area contributed by atoms with E-state index in [1.165, 1.54) is 23.5 Å². The van der Waals surface area contributed by atoms with Gasteiger partial charge in [0.25, 0.3) is 5.91 Å². The number of hydrogen-bond donors (Lipinski definition) is 1. The van der Waals surface area contributed by atoms with Crippen LogP contribution in [0.2, 0.25) is 5.15 Å². The SMILES string of the molecule is CCc1ccsc1C(=O)Nc1nc(Cl)ccc1[N+](=O)[O-]. The predicted molar refractivity (Wildman–Crippen MR) is 77.6 cm³/mol. The molecule has 20 heavy (non-hydrogen) atoms. The molecule has 0 aliphatic rings. The molecule has 1 N–H and O–H groups in total. The van der Waals surface area contributed by atoms with Crippen molar-refractivity contribution in [2.24, 2.45) is 0 Å². The maximum absolute atomic E-state index is 12.1. The highest BCUT2D eigenvalue weighted by Crippen LogP contribution is 2.26. The van der Waals surface area contributed by atoms with Gasteiger partial charge in [0, 0.05) is 6.07 Å². The molecule has 0 aromatic carbocycles. The Morgan fingerprint density at radius 3 is 2.90 bits per heavy atom. The number of rotatable bonds is 4. The fraction of sp³-hybridized carbons (Fsp3) is 0.167. The van der Waals surface area contributed by atoms with E-state index in [0.717, 1.165) is 5.56 Å². The lowest BCUT2D eigenvalue weighted by atomic mass is 10.2. The van der Waals surface area contributed by atoms with E-state index in [-0.39, 0.29) is 16.7 Å². The number of pyridine rings is 1. The summed E-state index contributed by atoms with van der Waals surface area (Å²) in [5, 5.41) is 15.2. The maximum atomic E-state index is 12.1. The van der Waals surface area contributed by atoms with Crippen LogP contribution in [0.15, 0.2) is 23.6 Å². The summed E-state index contributed by atoms with van der Waals surface area (Å²) in [6.45, 7) is 1.93. The first-order valence-electron chi connectivity index (χ1n) is 5.71. The number of carbonyl (C=O) groups excluding carboxylic acids is 1. The van der Waals surface area contributed by atoms with E-state index in [4.69, 9.17) is 11.6 Å². The third-order valence-corrected chi connectivity index (χ3v) is 3.77. The summed E-state index contributed by atoms with van der Waals surface area (Å²) >= 11 is 6.98. The molecule has 0 aliphatic carbocycles. The Morgan fingerprint density at radius 1 is 1.50 bits per heavy atom. The first kappa shape index (κ1) is 14.4. The molecule has 2 rings (SSSR count). The standard InChI is InChI=1S/C12H10ClN3O3S/c1-2-7-5-6-20-10(7)12(17)15-11-8(16(18)19)3-4-9(13)14-11/h3-6H,2H2,1H3,(H,14,15,17). The van der Waals surface area contributed by atoms with E-state index in [1.807, 2.05) is 13.0 Å². The molecule has 104 valence electrons. The van der Waals surface area contributed by atoms with Crippen LogP contribution >= 0.6 is 22.9 Å². The van der Waals surface area contributed by atoms with Gasteiger partial charge < -0.3 is 5.32 Å². The van der Waals surface area contributed by atoms with Crippen molar-refractivity contribution in [3.05, 3.63) is 49.3 Å². The predicted octanol–water partition coefficient (Wildman–Crippen LogP) is 3.52. The van der Waals surface area contributed by atoms with Crippen molar-refractivity contribution in [3.63, 3.8) is 0 Å². The van der Waals surface area contributed by atoms with Gasteiger partial charge in [0.15, 0.2) is 0 Å². The van der Waals surface area contributed by atoms with E-state index >= 15 is 0 Å². The molecular weight excluding hydrogens is 302 g/mol. The summed E-state index contributed by atoms with van der Waals surface area (Å²) in [5.41, 5.74) is 0.592. The molecule has 2 aromatic heterocycles. The highest BCUT2D eigenvalue weighted by atomic mass is 35.5. The molecule has 6 nitrogen and oxygen atoms in total. The van der Waals surface area contributed by atoms with E-state index in [9.17, 15) is 14.9 Å². The third kappa shape index (κ3) is 2.94. The summed E-state index contributed by atoms with van der Waals surface area (Å²) in [6.07, 6.45) is 0.706. The Bertz CT molecular complexity index is 672. The number of aryl methyl sites for hydroxylation is 1. The maximum Gasteiger partial charge on any atom is 0.311 e. The van der Waals surface area contributed by atoms with Crippen LogP contribution in [0.4, 0.5) is 11.5 Å². The zero-order valence-corrected chi connectivity index (χ0v) is 12.0. The van der Waals surface area contributed by atoms with Crippen molar-refractivity contribution in [3.8, 4) is 0 Å². The van der Waals surface area contributed by atoms with Crippen LogP contribution in [0.1, 0.15) is 22.2 Å². The molecule has 2 heterocycles. The van der Waals surface area contributed by atoms with Crippen LogP contribution in [0, 0.1) is 10.1 Å². The molecule has 0 spiro atoms. The van der Waals surface area contributed by atoms with Gasteiger partial charge in [0.05, 0.1) is 9.80 Å². The molecule has 2 aromatic rings. The van der Waals surface area contributed by atoms with Crippen LogP contribution in [-0.4, -0.2) is 15.8 Å². The van der Waals surface area contributed by atoms with Gasteiger partial charge in [-0.05, 0) is 29.5 Å². The highest BCUT2D eigenvalue weighted by molar-refractivity contribution is 7.12. The second-order valence-corrected chi connectivity index (χ2v) is 5.14. The Hall–Kier alpha value is -1.99. The van der Waals surface area contributed by atoms with Crippen molar-refractivity contribution < 1.29 is 9.72 Å². The monoisotopic (exact) mass is 311 g/mol. The minimum atomic E-state index is -0.617. The minimum absolute atomic E-state index is 0.0767. The Balaban J connectivity index is 2.32. The molecule has 0 atom stereocenters. The lowest BCUT2D eigenvalue weighted by molar-refractivity contribution is -0.384. The molecule has 0 saturated heterocycles. The molecule has 0 bridgehead atoms. The molecule has 0 radical (unpaired) electrons. The van der Waals surface area contributed by atoms with Gasteiger partial charge >= 0.3 is 5.69 Å². The lowest BCUT2D eigenvalue weighted by Crippen LogP contribution is -2.14. The Kier molecular flexibility index (Phi) is 4.31. The number of aromatic nitrogens is 1. The zero-order chi connectivity index (χ0) is 14.7. The lowest BCUT2D eigenvalue weighted by Gasteiger charge is -2.05. The number of carbonyl (C=O) groups is 1. The molecule has 0 fully saturated rings. The van der Waals surface area contributed by atoms with Gasteiger partial charge in [0.2, 0.25) is 5.82 Å². The highest BCUT2D eigenvalue weighted by Gasteiger charge is 2.20.